The Kier molecular flexibility index (Phi) is 4.32. The van der Waals surface area contributed by atoms with Crippen LogP contribution in [0.15, 0.2) is 35.9 Å². The number of Topliss-reactive ketones (excluding diaryl/α,β-unsaturated/α-hetero) is 1. The van der Waals surface area contributed by atoms with E-state index < -0.39 is 0 Å². The first-order chi connectivity index (χ1) is 8.74. The summed E-state index contributed by atoms with van der Waals surface area (Å²) < 4.78 is 0. The Bertz CT molecular complexity index is 432. The number of nitrogens with zero attached hydrogens (tertiary/aromatic N) is 1. The number of hydrogen-bond acceptors (Lipinski definition) is 2. The van der Waals surface area contributed by atoms with E-state index in [1.807, 2.05) is 36.4 Å². The van der Waals surface area contributed by atoms with Crippen molar-refractivity contribution < 1.29 is 4.79 Å². The summed E-state index contributed by atoms with van der Waals surface area (Å²) in [6.45, 7) is 6.36. The highest BCUT2D eigenvalue weighted by molar-refractivity contribution is 6.02. The van der Waals surface area contributed by atoms with Gasteiger partial charge in [-0.2, -0.15) is 0 Å². The van der Waals surface area contributed by atoms with Crippen LogP contribution in [0.3, 0.4) is 0 Å². The van der Waals surface area contributed by atoms with Crippen LogP contribution < -0.4 is 0 Å². The second-order valence-electron chi connectivity index (χ2n) is 4.79. The molecule has 0 aliphatic heterocycles. The molecule has 1 aromatic rings. The van der Waals surface area contributed by atoms with Gasteiger partial charge in [-0.25, -0.2) is 0 Å². The highest BCUT2D eigenvalue weighted by Crippen LogP contribution is 2.27. The fraction of sp³-hybridized carbons (Fsp3) is 0.438. The first kappa shape index (κ1) is 13.0. The maximum absolute atomic E-state index is 12.0. The first-order valence-corrected chi connectivity index (χ1v) is 6.77. The summed E-state index contributed by atoms with van der Waals surface area (Å²) in [5.41, 5.74) is 2.11. The van der Waals surface area contributed by atoms with Crippen LogP contribution in [-0.2, 0) is 4.79 Å². The molecule has 1 saturated carbocycles. The van der Waals surface area contributed by atoms with Crippen LogP contribution in [0.4, 0.5) is 0 Å². The van der Waals surface area contributed by atoms with Gasteiger partial charge in [0, 0.05) is 12.5 Å². The lowest BCUT2D eigenvalue weighted by Crippen LogP contribution is -2.33. The molecule has 1 aliphatic rings. The maximum Gasteiger partial charge on any atom is 0.160 e. The van der Waals surface area contributed by atoms with Crippen molar-refractivity contribution in [3.05, 3.63) is 41.5 Å². The summed E-state index contributed by atoms with van der Waals surface area (Å²) in [4.78, 5) is 14.4. The van der Waals surface area contributed by atoms with Crippen LogP contribution in [0.1, 0.15) is 32.3 Å². The van der Waals surface area contributed by atoms with Crippen molar-refractivity contribution in [2.45, 2.75) is 32.7 Å². The molecule has 2 nitrogen and oxygen atoms in total. The Balaban J connectivity index is 2.12. The summed E-state index contributed by atoms with van der Waals surface area (Å²) in [6.07, 6.45) is 3.63. The van der Waals surface area contributed by atoms with Gasteiger partial charge in [-0.1, -0.05) is 44.2 Å². The third-order valence-corrected chi connectivity index (χ3v) is 3.70. The molecular formula is C16H21NO. The zero-order valence-corrected chi connectivity index (χ0v) is 11.2. The number of benzene rings is 1. The van der Waals surface area contributed by atoms with E-state index in [9.17, 15) is 4.79 Å². The third-order valence-electron chi connectivity index (χ3n) is 3.70. The number of carbonyl (C=O) groups excluding carboxylic acids is 1. The van der Waals surface area contributed by atoms with E-state index in [0.717, 1.165) is 30.6 Å². The van der Waals surface area contributed by atoms with Gasteiger partial charge in [-0.15, -0.1) is 0 Å². The fourth-order valence-corrected chi connectivity index (χ4v) is 2.67. The van der Waals surface area contributed by atoms with Crippen molar-refractivity contribution in [2.75, 3.05) is 13.1 Å². The van der Waals surface area contributed by atoms with Crippen molar-refractivity contribution in [1.82, 2.24) is 4.90 Å². The van der Waals surface area contributed by atoms with Crippen LogP contribution in [0.25, 0.3) is 6.08 Å². The molecule has 0 amide bonds. The van der Waals surface area contributed by atoms with Crippen molar-refractivity contribution >= 4 is 11.9 Å². The summed E-state index contributed by atoms with van der Waals surface area (Å²) in [6, 6.07) is 10.5. The minimum absolute atomic E-state index is 0.316. The Morgan fingerprint density at radius 3 is 2.44 bits per heavy atom. The molecule has 1 unspecified atom stereocenters. The van der Waals surface area contributed by atoms with Crippen molar-refractivity contribution in [2.24, 2.45) is 0 Å². The van der Waals surface area contributed by atoms with Crippen LogP contribution in [0, 0.1) is 0 Å². The Hall–Kier alpha value is -1.41. The lowest BCUT2D eigenvalue weighted by molar-refractivity contribution is -0.114. The predicted octanol–water partition coefficient (Wildman–Crippen LogP) is 3.14. The second kappa shape index (κ2) is 5.96. The van der Waals surface area contributed by atoms with E-state index in [4.69, 9.17) is 0 Å². The molecule has 2 heteroatoms. The van der Waals surface area contributed by atoms with E-state index in [1.54, 1.807) is 0 Å². The van der Waals surface area contributed by atoms with Crippen molar-refractivity contribution in [3.8, 4) is 0 Å². The Morgan fingerprint density at radius 1 is 1.17 bits per heavy atom. The lowest BCUT2D eigenvalue weighted by atomic mass is 10.1. The quantitative estimate of drug-likeness (QED) is 0.757. The highest BCUT2D eigenvalue weighted by atomic mass is 16.1. The largest absolute Gasteiger partial charge is 0.300 e. The average Bonchev–Trinajstić information content (AvgIpc) is 2.74. The molecule has 0 spiro atoms. The summed E-state index contributed by atoms with van der Waals surface area (Å²) in [5, 5.41) is 0. The smallest absolute Gasteiger partial charge is 0.160 e. The van der Waals surface area contributed by atoms with Crippen LogP contribution in [-0.4, -0.2) is 29.8 Å². The highest BCUT2D eigenvalue weighted by Gasteiger charge is 2.30. The zero-order valence-electron chi connectivity index (χ0n) is 11.2. The zero-order chi connectivity index (χ0) is 13.0. The molecule has 2 rings (SSSR count). The molecule has 18 heavy (non-hydrogen) atoms. The minimum Gasteiger partial charge on any atom is -0.300 e. The molecule has 0 N–H and O–H groups in total. The standard InChI is InChI=1S/C16H21NO/c1-3-17(4-2)15-11-14(16(18)12-15)10-13-8-6-5-7-9-13/h5-10,15H,3-4,11-12H2,1-2H3. The van der Waals surface area contributed by atoms with Crippen LogP contribution >= 0.6 is 0 Å². The molecule has 0 aromatic heterocycles. The second-order valence-corrected chi connectivity index (χ2v) is 4.79. The third kappa shape index (κ3) is 2.88. The molecule has 1 aromatic carbocycles. The molecular weight excluding hydrogens is 222 g/mol. The topological polar surface area (TPSA) is 20.3 Å². The molecule has 1 aliphatic carbocycles. The molecule has 1 atom stereocenters. The summed E-state index contributed by atoms with van der Waals surface area (Å²) in [7, 11) is 0. The van der Waals surface area contributed by atoms with Gasteiger partial charge in [0.05, 0.1) is 0 Å². The van der Waals surface area contributed by atoms with Gasteiger partial charge < -0.3 is 4.90 Å². The lowest BCUT2D eigenvalue weighted by Gasteiger charge is -2.24. The summed E-state index contributed by atoms with van der Waals surface area (Å²) in [5.74, 6) is 0.316. The molecule has 1 fully saturated rings. The predicted molar refractivity (Wildman–Crippen MR) is 75.4 cm³/mol. The van der Waals surface area contributed by atoms with E-state index in [2.05, 4.69) is 18.7 Å². The van der Waals surface area contributed by atoms with Gasteiger partial charge in [0.15, 0.2) is 5.78 Å². The van der Waals surface area contributed by atoms with Gasteiger partial charge in [-0.05, 0) is 36.7 Å². The average molecular weight is 243 g/mol. The van der Waals surface area contributed by atoms with Crippen LogP contribution in [0.2, 0.25) is 0 Å². The van der Waals surface area contributed by atoms with Gasteiger partial charge in [0.25, 0.3) is 0 Å². The van der Waals surface area contributed by atoms with Crippen LogP contribution in [0.5, 0.6) is 0 Å². The van der Waals surface area contributed by atoms with Gasteiger partial charge in [0.1, 0.15) is 0 Å². The molecule has 0 heterocycles. The SMILES string of the molecule is CCN(CC)C1CC(=O)C(=Cc2ccccc2)C1. The van der Waals surface area contributed by atoms with E-state index in [0.29, 0.717) is 18.2 Å². The fourth-order valence-electron chi connectivity index (χ4n) is 2.67. The normalized spacial score (nSPS) is 22.1. The minimum atomic E-state index is 0.316. The monoisotopic (exact) mass is 243 g/mol. The number of rotatable bonds is 4. The van der Waals surface area contributed by atoms with E-state index in [-0.39, 0.29) is 0 Å². The molecule has 0 saturated heterocycles. The molecule has 96 valence electrons. The van der Waals surface area contributed by atoms with E-state index >= 15 is 0 Å². The molecule has 0 bridgehead atoms. The molecule has 0 radical (unpaired) electrons. The van der Waals surface area contributed by atoms with Gasteiger partial charge in [-0.3, -0.25) is 4.79 Å². The van der Waals surface area contributed by atoms with Gasteiger partial charge in [0.2, 0.25) is 0 Å². The Labute approximate surface area is 109 Å². The number of carbonyl (C=O) groups is 1. The maximum atomic E-state index is 12.0. The first-order valence-electron chi connectivity index (χ1n) is 6.77. The van der Waals surface area contributed by atoms with Crippen molar-refractivity contribution in [3.63, 3.8) is 0 Å². The Morgan fingerprint density at radius 2 is 1.83 bits per heavy atom. The van der Waals surface area contributed by atoms with Gasteiger partial charge >= 0.3 is 0 Å². The number of ketones is 1. The summed E-state index contributed by atoms with van der Waals surface area (Å²) >= 11 is 0. The van der Waals surface area contributed by atoms with Crippen molar-refractivity contribution in [1.29, 1.82) is 0 Å². The van der Waals surface area contributed by atoms with E-state index in [1.165, 1.54) is 0 Å². The number of hydrogen-bond donors (Lipinski definition) is 0.